The van der Waals surface area contributed by atoms with E-state index < -0.39 is 12.2 Å². The number of piperidine rings is 1. The van der Waals surface area contributed by atoms with Crippen LogP contribution in [-0.2, 0) is 0 Å². The number of aromatic nitrogens is 2. The Balaban J connectivity index is 2.04. The Morgan fingerprint density at radius 3 is 2.77 bits per heavy atom. The molecule has 0 amide bonds. The fourth-order valence-corrected chi connectivity index (χ4v) is 3.07. The molecular weight excluding hydrogens is 286 g/mol. The van der Waals surface area contributed by atoms with Gasteiger partial charge in [-0.3, -0.25) is 0 Å². The summed E-state index contributed by atoms with van der Waals surface area (Å²) in [6.07, 6.45) is -0.509. The number of benzene rings is 1. The Morgan fingerprint density at radius 1 is 1.27 bits per heavy atom. The van der Waals surface area contributed by atoms with Crippen molar-refractivity contribution in [3.8, 4) is 0 Å². The van der Waals surface area contributed by atoms with Crippen molar-refractivity contribution in [2.45, 2.75) is 25.3 Å². The normalized spacial score (nSPS) is 19.8. The zero-order valence-electron chi connectivity index (χ0n) is 12.8. The number of hydrogen-bond acceptors (Lipinski definition) is 4. The molecular formula is C16H20F2N4. The summed E-state index contributed by atoms with van der Waals surface area (Å²) in [6, 6.07) is 7.62. The van der Waals surface area contributed by atoms with Crippen LogP contribution in [0.1, 0.15) is 25.1 Å². The molecule has 0 bridgehead atoms. The molecule has 0 aliphatic carbocycles. The molecule has 0 radical (unpaired) electrons. The van der Waals surface area contributed by atoms with Gasteiger partial charge in [-0.2, -0.15) is 0 Å². The molecule has 2 aromatic rings. The molecule has 4 nitrogen and oxygen atoms in total. The van der Waals surface area contributed by atoms with Gasteiger partial charge < -0.3 is 9.80 Å². The zero-order chi connectivity index (χ0) is 15.7. The molecule has 6 heteroatoms. The van der Waals surface area contributed by atoms with E-state index in [1.165, 1.54) is 0 Å². The molecule has 1 aliphatic rings. The highest BCUT2D eigenvalue weighted by Gasteiger charge is 2.25. The van der Waals surface area contributed by atoms with Gasteiger partial charge in [0, 0.05) is 25.0 Å². The second-order valence-corrected chi connectivity index (χ2v) is 5.89. The summed E-state index contributed by atoms with van der Waals surface area (Å²) in [5.74, 6) is 0.200. The SMILES string of the molecule is CN1CCCC(N(C)c2nc(C(F)F)nc3ccccc23)C1. The van der Waals surface area contributed by atoms with Gasteiger partial charge in [0.15, 0.2) is 5.82 Å². The van der Waals surface area contributed by atoms with E-state index in [4.69, 9.17) is 0 Å². The number of alkyl halides is 2. The highest BCUT2D eigenvalue weighted by molar-refractivity contribution is 5.89. The van der Waals surface area contributed by atoms with Gasteiger partial charge in [0.1, 0.15) is 5.82 Å². The first-order valence-corrected chi connectivity index (χ1v) is 7.52. The molecule has 1 aromatic carbocycles. The van der Waals surface area contributed by atoms with Crippen LogP contribution < -0.4 is 4.90 Å². The molecule has 0 saturated carbocycles. The van der Waals surface area contributed by atoms with E-state index in [0.29, 0.717) is 11.3 Å². The van der Waals surface area contributed by atoms with Crippen LogP contribution in [0.3, 0.4) is 0 Å². The predicted octanol–water partition coefficient (Wildman–Crippen LogP) is 3.10. The molecule has 1 atom stereocenters. The largest absolute Gasteiger partial charge is 0.355 e. The minimum atomic E-state index is -2.66. The average molecular weight is 306 g/mol. The first-order chi connectivity index (χ1) is 10.6. The van der Waals surface area contributed by atoms with Gasteiger partial charge in [0.05, 0.1) is 5.52 Å². The summed E-state index contributed by atoms with van der Waals surface area (Å²) < 4.78 is 26.2. The second kappa shape index (κ2) is 6.12. The van der Waals surface area contributed by atoms with E-state index in [-0.39, 0.29) is 6.04 Å². The van der Waals surface area contributed by atoms with Crippen LogP contribution in [0.15, 0.2) is 24.3 Å². The van der Waals surface area contributed by atoms with Crippen molar-refractivity contribution >= 4 is 16.7 Å². The Kier molecular flexibility index (Phi) is 4.20. The van der Waals surface area contributed by atoms with Crippen LogP contribution in [0, 0.1) is 0 Å². The Hall–Kier alpha value is -1.82. The molecule has 1 fully saturated rings. The molecule has 3 rings (SSSR count). The molecule has 2 heterocycles. The summed E-state index contributed by atoms with van der Waals surface area (Å²) in [6.45, 7) is 2.00. The average Bonchev–Trinajstić information content (AvgIpc) is 2.53. The number of fused-ring (bicyclic) bond motifs is 1. The summed E-state index contributed by atoms with van der Waals surface area (Å²) in [5, 5.41) is 0.822. The van der Waals surface area contributed by atoms with Gasteiger partial charge in [-0.25, -0.2) is 18.7 Å². The smallest absolute Gasteiger partial charge is 0.297 e. The predicted molar refractivity (Wildman–Crippen MR) is 83.4 cm³/mol. The lowest BCUT2D eigenvalue weighted by atomic mass is 10.0. The maximum absolute atomic E-state index is 13.1. The standard InChI is InChI=1S/C16H20F2N4/c1-21-9-5-6-11(10-21)22(2)16-12-7-3-4-8-13(12)19-15(20-16)14(17)18/h3-4,7-8,11,14H,5-6,9-10H2,1-2H3. The maximum atomic E-state index is 13.1. The third kappa shape index (κ3) is 2.88. The van der Waals surface area contributed by atoms with E-state index in [1.54, 1.807) is 6.07 Å². The minimum absolute atomic E-state index is 0.280. The lowest BCUT2D eigenvalue weighted by Gasteiger charge is -2.36. The van der Waals surface area contributed by atoms with Crippen molar-refractivity contribution in [2.24, 2.45) is 0 Å². The number of rotatable bonds is 3. The molecule has 0 spiro atoms. The first kappa shape index (κ1) is 15.1. The van der Waals surface area contributed by atoms with Crippen LogP contribution in [0.4, 0.5) is 14.6 Å². The van der Waals surface area contributed by atoms with E-state index in [0.717, 1.165) is 31.3 Å². The van der Waals surface area contributed by atoms with E-state index in [2.05, 4.69) is 21.9 Å². The Morgan fingerprint density at radius 2 is 2.05 bits per heavy atom. The molecule has 1 aromatic heterocycles. The number of likely N-dealkylation sites (N-methyl/N-ethyl adjacent to an activating group) is 2. The number of para-hydroxylation sites is 1. The number of likely N-dealkylation sites (tertiary alicyclic amines) is 1. The fourth-order valence-electron chi connectivity index (χ4n) is 3.07. The monoisotopic (exact) mass is 306 g/mol. The van der Waals surface area contributed by atoms with Crippen LogP contribution in [0.5, 0.6) is 0 Å². The second-order valence-electron chi connectivity index (χ2n) is 5.89. The van der Waals surface area contributed by atoms with Crippen molar-refractivity contribution in [1.82, 2.24) is 14.9 Å². The van der Waals surface area contributed by atoms with Gasteiger partial charge in [-0.1, -0.05) is 12.1 Å². The minimum Gasteiger partial charge on any atom is -0.355 e. The number of anilines is 1. The van der Waals surface area contributed by atoms with Crippen LogP contribution >= 0.6 is 0 Å². The van der Waals surface area contributed by atoms with Crippen molar-refractivity contribution in [3.05, 3.63) is 30.1 Å². The molecule has 1 unspecified atom stereocenters. The van der Waals surface area contributed by atoms with Crippen LogP contribution in [-0.4, -0.2) is 48.1 Å². The quantitative estimate of drug-likeness (QED) is 0.872. The Labute approximate surface area is 128 Å². The van der Waals surface area contributed by atoms with Gasteiger partial charge in [0.2, 0.25) is 0 Å². The van der Waals surface area contributed by atoms with Crippen molar-refractivity contribution in [1.29, 1.82) is 0 Å². The lowest BCUT2D eigenvalue weighted by Crippen LogP contribution is -2.45. The van der Waals surface area contributed by atoms with Gasteiger partial charge in [0.25, 0.3) is 6.43 Å². The van der Waals surface area contributed by atoms with Crippen LogP contribution in [0.2, 0.25) is 0 Å². The van der Waals surface area contributed by atoms with Crippen molar-refractivity contribution in [3.63, 3.8) is 0 Å². The zero-order valence-corrected chi connectivity index (χ0v) is 12.8. The molecule has 1 aliphatic heterocycles. The molecule has 22 heavy (non-hydrogen) atoms. The fraction of sp³-hybridized carbons (Fsp3) is 0.500. The number of nitrogens with zero attached hydrogens (tertiary/aromatic N) is 4. The summed E-state index contributed by atoms with van der Waals surface area (Å²) in [4.78, 5) is 12.4. The summed E-state index contributed by atoms with van der Waals surface area (Å²) in [5.41, 5.74) is 0.568. The van der Waals surface area contributed by atoms with Crippen molar-refractivity contribution in [2.75, 3.05) is 32.1 Å². The molecule has 118 valence electrons. The lowest BCUT2D eigenvalue weighted by molar-refractivity contribution is 0.141. The molecule has 1 saturated heterocycles. The van der Waals surface area contributed by atoms with Gasteiger partial charge in [-0.05, 0) is 38.6 Å². The number of hydrogen-bond donors (Lipinski definition) is 0. The number of halogens is 2. The maximum Gasteiger partial charge on any atom is 0.297 e. The third-order valence-electron chi connectivity index (χ3n) is 4.28. The third-order valence-corrected chi connectivity index (χ3v) is 4.28. The highest BCUT2D eigenvalue weighted by atomic mass is 19.3. The van der Waals surface area contributed by atoms with E-state index >= 15 is 0 Å². The van der Waals surface area contributed by atoms with Gasteiger partial charge in [-0.15, -0.1) is 0 Å². The first-order valence-electron chi connectivity index (χ1n) is 7.52. The van der Waals surface area contributed by atoms with Crippen LogP contribution in [0.25, 0.3) is 10.9 Å². The summed E-state index contributed by atoms with van der Waals surface area (Å²) >= 11 is 0. The Bertz CT molecular complexity index is 662. The summed E-state index contributed by atoms with van der Waals surface area (Å²) in [7, 11) is 4.02. The molecule has 0 N–H and O–H groups in total. The van der Waals surface area contributed by atoms with Crippen molar-refractivity contribution < 1.29 is 8.78 Å². The van der Waals surface area contributed by atoms with E-state index in [9.17, 15) is 8.78 Å². The van der Waals surface area contributed by atoms with E-state index in [1.807, 2.05) is 30.1 Å². The highest BCUT2D eigenvalue weighted by Crippen LogP contribution is 2.29. The van der Waals surface area contributed by atoms with Gasteiger partial charge >= 0.3 is 0 Å². The topological polar surface area (TPSA) is 32.3 Å².